The van der Waals surface area contributed by atoms with E-state index in [2.05, 4.69) is 16.9 Å². The Balaban J connectivity index is 2.41. The van der Waals surface area contributed by atoms with Crippen LogP contribution in [0.2, 0.25) is 0 Å². The Morgan fingerprint density at radius 1 is 1.29 bits per heavy atom. The molecular formula is C16H23N3O2. The normalized spacial score (nSPS) is 13.8. The maximum Gasteiger partial charge on any atom is 0.128 e. The molecule has 0 fully saturated rings. The van der Waals surface area contributed by atoms with E-state index in [0.29, 0.717) is 0 Å². The Bertz CT molecular complexity index is 605. The molecule has 0 aliphatic heterocycles. The molecule has 1 atom stereocenters. The topological polar surface area (TPSA) is 73.2 Å². The highest BCUT2D eigenvalue weighted by molar-refractivity contribution is 5.68. The fourth-order valence-electron chi connectivity index (χ4n) is 2.41. The van der Waals surface area contributed by atoms with Crippen molar-refractivity contribution in [3.05, 3.63) is 30.2 Å². The highest BCUT2D eigenvalue weighted by atomic mass is 16.5. The molecule has 2 rings (SSSR count). The molecule has 1 aromatic heterocycles. The predicted octanol–water partition coefficient (Wildman–Crippen LogP) is 3.07. The second-order valence-electron chi connectivity index (χ2n) is 5.38. The van der Waals surface area contributed by atoms with Crippen LogP contribution in [0.15, 0.2) is 24.4 Å². The Morgan fingerprint density at radius 3 is 2.67 bits per heavy atom. The van der Waals surface area contributed by atoms with Crippen molar-refractivity contribution in [1.82, 2.24) is 9.97 Å². The Kier molecular flexibility index (Phi) is 4.53. The van der Waals surface area contributed by atoms with E-state index in [9.17, 15) is 0 Å². The van der Waals surface area contributed by atoms with Crippen LogP contribution in [0.1, 0.15) is 32.5 Å². The van der Waals surface area contributed by atoms with E-state index in [1.165, 1.54) is 0 Å². The Morgan fingerprint density at radius 2 is 2.05 bits per heavy atom. The van der Waals surface area contributed by atoms with Crippen LogP contribution in [0.25, 0.3) is 11.3 Å². The molecule has 0 aliphatic carbocycles. The van der Waals surface area contributed by atoms with Gasteiger partial charge in [-0.25, -0.2) is 4.98 Å². The zero-order valence-corrected chi connectivity index (χ0v) is 13.1. The molecule has 0 aliphatic rings. The van der Waals surface area contributed by atoms with E-state index in [1.807, 2.05) is 25.1 Å². The summed E-state index contributed by atoms with van der Waals surface area (Å²) in [7, 11) is 3.29. The number of hydrogen-bond donors (Lipinski definition) is 2. The average Bonchev–Trinajstić information content (AvgIpc) is 2.97. The van der Waals surface area contributed by atoms with Crippen LogP contribution in [-0.4, -0.2) is 24.2 Å². The molecule has 0 bridgehead atoms. The van der Waals surface area contributed by atoms with Crippen LogP contribution >= 0.6 is 0 Å². The van der Waals surface area contributed by atoms with Crippen molar-refractivity contribution >= 4 is 0 Å². The van der Waals surface area contributed by atoms with E-state index in [-0.39, 0.29) is 0 Å². The molecule has 5 nitrogen and oxygen atoms in total. The monoisotopic (exact) mass is 289 g/mol. The van der Waals surface area contributed by atoms with Gasteiger partial charge in [0, 0.05) is 5.56 Å². The summed E-state index contributed by atoms with van der Waals surface area (Å²) in [6.45, 7) is 4.10. The highest BCUT2D eigenvalue weighted by Crippen LogP contribution is 2.33. The number of benzene rings is 1. The second-order valence-corrected chi connectivity index (χ2v) is 5.38. The smallest absolute Gasteiger partial charge is 0.128 e. The van der Waals surface area contributed by atoms with Crippen LogP contribution in [0.3, 0.4) is 0 Å². The second kappa shape index (κ2) is 6.18. The molecule has 0 saturated carbocycles. The van der Waals surface area contributed by atoms with Crippen molar-refractivity contribution in [2.45, 2.75) is 32.2 Å². The molecule has 114 valence electrons. The lowest BCUT2D eigenvalue weighted by Crippen LogP contribution is -2.34. The van der Waals surface area contributed by atoms with Crippen molar-refractivity contribution in [3.8, 4) is 22.8 Å². The number of aromatic amines is 1. The van der Waals surface area contributed by atoms with E-state index < -0.39 is 5.54 Å². The molecule has 3 N–H and O–H groups in total. The summed E-state index contributed by atoms with van der Waals surface area (Å²) >= 11 is 0. The van der Waals surface area contributed by atoms with Crippen LogP contribution < -0.4 is 15.2 Å². The summed E-state index contributed by atoms with van der Waals surface area (Å²) in [5.41, 5.74) is 7.63. The molecule has 0 radical (unpaired) electrons. The number of H-pyrrole nitrogens is 1. The maximum atomic E-state index is 6.32. The van der Waals surface area contributed by atoms with Crippen molar-refractivity contribution in [1.29, 1.82) is 0 Å². The molecule has 0 saturated heterocycles. The zero-order valence-electron chi connectivity index (χ0n) is 13.1. The number of rotatable bonds is 6. The Labute approximate surface area is 125 Å². The van der Waals surface area contributed by atoms with Gasteiger partial charge in [0.1, 0.15) is 17.3 Å². The summed E-state index contributed by atoms with van der Waals surface area (Å²) in [4.78, 5) is 7.75. The minimum Gasteiger partial charge on any atom is -0.497 e. The fourth-order valence-corrected chi connectivity index (χ4v) is 2.41. The van der Waals surface area contributed by atoms with E-state index in [0.717, 1.165) is 41.4 Å². The first-order chi connectivity index (χ1) is 10.0. The van der Waals surface area contributed by atoms with Gasteiger partial charge in [0.25, 0.3) is 0 Å². The molecule has 0 spiro atoms. The number of aromatic nitrogens is 2. The number of ether oxygens (including phenoxy) is 2. The van der Waals surface area contributed by atoms with Gasteiger partial charge in [0.05, 0.1) is 31.6 Å². The molecule has 2 aromatic rings. The van der Waals surface area contributed by atoms with Gasteiger partial charge in [0.2, 0.25) is 0 Å². The first kappa shape index (κ1) is 15.4. The number of hydrogen-bond acceptors (Lipinski definition) is 4. The summed E-state index contributed by atoms with van der Waals surface area (Å²) in [5.74, 6) is 2.32. The lowest BCUT2D eigenvalue weighted by atomic mass is 9.97. The molecule has 1 heterocycles. The number of nitrogens with zero attached hydrogens (tertiary/aromatic N) is 1. The first-order valence-electron chi connectivity index (χ1n) is 7.08. The van der Waals surface area contributed by atoms with Crippen molar-refractivity contribution < 1.29 is 9.47 Å². The largest absolute Gasteiger partial charge is 0.497 e. The van der Waals surface area contributed by atoms with Gasteiger partial charge in [-0.3, -0.25) is 0 Å². The van der Waals surface area contributed by atoms with Gasteiger partial charge in [0.15, 0.2) is 0 Å². The number of imidazole rings is 1. The first-order valence-corrected chi connectivity index (χ1v) is 7.08. The third-order valence-corrected chi connectivity index (χ3v) is 3.58. The summed E-state index contributed by atoms with van der Waals surface area (Å²) in [6, 6.07) is 5.66. The van der Waals surface area contributed by atoms with E-state index >= 15 is 0 Å². The summed E-state index contributed by atoms with van der Waals surface area (Å²) < 4.78 is 10.7. The van der Waals surface area contributed by atoms with Gasteiger partial charge >= 0.3 is 0 Å². The predicted molar refractivity (Wildman–Crippen MR) is 83.6 cm³/mol. The number of methoxy groups -OCH3 is 2. The molecule has 21 heavy (non-hydrogen) atoms. The molecular weight excluding hydrogens is 266 g/mol. The maximum absolute atomic E-state index is 6.32. The lowest BCUT2D eigenvalue weighted by Gasteiger charge is -2.21. The molecule has 1 unspecified atom stereocenters. The minimum atomic E-state index is -0.459. The minimum absolute atomic E-state index is 0.459. The van der Waals surface area contributed by atoms with E-state index in [4.69, 9.17) is 15.2 Å². The van der Waals surface area contributed by atoms with Crippen LogP contribution in [0, 0.1) is 0 Å². The number of nitrogens with two attached hydrogens (primary N) is 1. The third-order valence-electron chi connectivity index (χ3n) is 3.58. The van der Waals surface area contributed by atoms with Crippen molar-refractivity contribution in [2.24, 2.45) is 5.73 Å². The number of nitrogens with one attached hydrogen (secondary N) is 1. The quantitative estimate of drug-likeness (QED) is 0.857. The van der Waals surface area contributed by atoms with Crippen molar-refractivity contribution in [3.63, 3.8) is 0 Å². The van der Waals surface area contributed by atoms with Gasteiger partial charge < -0.3 is 20.2 Å². The molecule has 1 aromatic carbocycles. The van der Waals surface area contributed by atoms with Gasteiger partial charge in [-0.1, -0.05) is 13.3 Å². The standard InChI is InChI=1S/C16H23N3O2/c1-5-8-16(2,17)15-18-10-13(19-15)12-9-11(20-3)6-7-14(12)21-4/h6-7,9-10H,5,8,17H2,1-4H3,(H,18,19). The van der Waals surface area contributed by atoms with Gasteiger partial charge in [-0.2, -0.15) is 0 Å². The Hall–Kier alpha value is -2.01. The van der Waals surface area contributed by atoms with Crippen LogP contribution in [0.4, 0.5) is 0 Å². The molecule has 5 heteroatoms. The van der Waals surface area contributed by atoms with Gasteiger partial charge in [-0.15, -0.1) is 0 Å². The fraction of sp³-hybridized carbons (Fsp3) is 0.438. The highest BCUT2D eigenvalue weighted by Gasteiger charge is 2.24. The third kappa shape index (κ3) is 3.19. The SMILES string of the molecule is CCCC(C)(N)c1ncc(-c2cc(OC)ccc2OC)[nH]1. The van der Waals surface area contributed by atoms with E-state index in [1.54, 1.807) is 20.4 Å². The van der Waals surface area contributed by atoms with Gasteiger partial charge in [-0.05, 0) is 31.5 Å². The van der Waals surface area contributed by atoms with Crippen molar-refractivity contribution in [2.75, 3.05) is 14.2 Å². The molecule has 0 amide bonds. The summed E-state index contributed by atoms with van der Waals surface area (Å²) in [5, 5.41) is 0. The van der Waals surface area contributed by atoms with Crippen LogP contribution in [-0.2, 0) is 5.54 Å². The average molecular weight is 289 g/mol. The van der Waals surface area contributed by atoms with Crippen LogP contribution in [0.5, 0.6) is 11.5 Å². The lowest BCUT2D eigenvalue weighted by molar-refractivity contribution is 0.404. The zero-order chi connectivity index (χ0) is 15.5. The summed E-state index contributed by atoms with van der Waals surface area (Å²) in [6.07, 6.45) is 3.66.